The molecule has 2 aromatic heterocycles. The molecule has 0 aliphatic heterocycles. The Morgan fingerprint density at radius 1 is 0.842 bits per heavy atom. The van der Waals surface area contributed by atoms with Crippen molar-refractivity contribution in [1.82, 2.24) is 24.6 Å². The smallest absolute Gasteiger partial charge is 0.227 e. The predicted molar refractivity (Wildman–Crippen MR) is 150 cm³/mol. The molecule has 0 N–H and O–H groups in total. The van der Waals surface area contributed by atoms with Crippen LogP contribution in [0.4, 0.5) is 0 Å². The van der Waals surface area contributed by atoms with Crippen LogP contribution in [0, 0.1) is 0 Å². The van der Waals surface area contributed by atoms with E-state index in [2.05, 4.69) is 46.3 Å². The van der Waals surface area contributed by atoms with E-state index in [1.165, 1.54) is 18.2 Å². The number of amides is 1. The summed E-state index contributed by atoms with van der Waals surface area (Å²) in [6, 6.07) is 28.8. The molecule has 5 aromatic rings. The molecular formula is C32H31N5O. The van der Waals surface area contributed by atoms with Crippen LogP contribution in [0.5, 0.6) is 0 Å². The van der Waals surface area contributed by atoms with Gasteiger partial charge in [0.15, 0.2) is 11.6 Å². The molecule has 0 unspecified atom stereocenters. The van der Waals surface area contributed by atoms with E-state index in [0.29, 0.717) is 25.3 Å². The maximum Gasteiger partial charge on any atom is 0.227 e. The van der Waals surface area contributed by atoms with Gasteiger partial charge in [-0.1, -0.05) is 85.6 Å². The monoisotopic (exact) mass is 501 g/mol. The standard InChI is InChI=1S/C32H31N5O/c38-30(23-27-13-8-12-24-9-4-7-16-29(24)27)36(28-14-5-6-15-28)21-22-37-32(26-10-2-1-3-11-26)34-31(35-37)25-17-19-33-20-18-25/h1-4,7-13,16-20,28H,5-6,14-15,21-23H2. The summed E-state index contributed by atoms with van der Waals surface area (Å²) in [7, 11) is 0. The zero-order valence-electron chi connectivity index (χ0n) is 21.4. The number of carbonyl (C=O) groups is 1. The lowest BCUT2D eigenvalue weighted by atomic mass is 10.0. The minimum Gasteiger partial charge on any atom is -0.338 e. The second kappa shape index (κ2) is 11.0. The van der Waals surface area contributed by atoms with Crippen LogP contribution in [0.15, 0.2) is 97.3 Å². The Hall–Kier alpha value is -4.32. The van der Waals surface area contributed by atoms with Crippen molar-refractivity contribution in [2.24, 2.45) is 0 Å². The molecule has 6 nitrogen and oxygen atoms in total. The van der Waals surface area contributed by atoms with Crippen molar-refractivity contribution in [3.8, 4) is 22.8 Å². The minimum atomic E-state index is 0.184. The van der Waals surface area contributed by atoms with E-state index in [4.69, 9.17) is 10.1 Å². The van der Waals surface area contributed by atoms with Crippen molar-refractivity contribution in [2.75, 3.05) is 6.54 Å². The average molecular weight is 502 g/mol. The van der Waals surface area contributed by atoms with Crippen LogP contribution in [-0.2, 0) is 17.8 Å². The lowest BCUT2D eigenvalue weighted by Crippen LogP contribution is -2.42. The normalized spacial score (nSPS) is 13.7. The maximum absolute atomic E-state index is 13.8. The van der Waals surface area contributed by atoms with E-state index in [1.807, 2.05) is 53.2 Å². The number of benzene rings is 3. The number of nitrogens with zero attached hydrogens (tertiary/aromatic N) is 5. The van der Waals surface area contributed by atoms with Crippen molar-refractivity contribution in [1.29, 1.82) is 0 Å². The number of carbonyl (C=O) groups excluding carboxylic acids is 1. The highest BCUT2D eigenvalue weighted by Crippen LogP contribution is 2.27. The highest BCUT2D eigenvalue weighted by molar-refractivity contribution is 5.90. The summed E-state index contributed by atoms with van der Waals surface area (Å²) in [4.78, 5) is 24.9. The third kappa shape index (κ3) is 5.07. The molecule has 0 spiro atoms. The van der Waals surface area contributed by atoms with E-state index >= 15 is 0 Å². The van der Waals surface area contributed by atoms with E-state index in [9.17, 15) is 4.79 Å². The summed E-state index contributed by atoms with van der Waals surface area (Å²) in [6.07, 6.45) is 8.39. The van der Waals surface area contributed by atoms with Crippen LogP contribution >= 0.6 is 0 Å². The SMILES string of the molecule is O=C(Cc1cccc2ccccc12)N(CCn1nc(-c2ccncc2)nc1-c1ccccc1)C1CCCC1. The minimum absolute atomic E-state index is 0.184. The van der Waals surface area contributed by atoms with Crippen molar-refractivity contribution >= 4 is 16.7 Å². The van der Waals surface area contributed by atoms with E-state index in [1.54, 1.807) is 12.4 Å². The fourth-order valence-electron chi connectivity index (χ4n) is 5.56. The third-order valence-electron chi connectivity index (χ3n) is 7.50. The Labute approximate surface area is 223 Å². The molecule has 0 saturated heterocycles. The molecule has 190 valence electrons. The van der Waals surface area contributed by atoms with Crippen LogP contribution in [0.2, 0.25) is 0 Å². The van der Waals surface area contributed by atoms with Gasteiger partial charge in [0, 0.05) is 36.1 Å². The molecule has 1 aliphatic rings. The van der Waals surface area contributed by atoms with Gasteiger partial charge in [-0.05, 0) is 41.3 Å². The average Bonchev–Trinajstić information content (AvgIpc) is 3.65. The largest absolute Gasteiger partial charge is 0.338 e. The first-order chi connectivity index (χ1) is 18.8. The number of rotatable bonds is 8. The molecule has 0 bridgehead atoms. The molecule has 0 radical (unpaired) electrons. The first-order valence-corrected chi connectivity index (χ1v) is 13.4. The summed E-state index contributed by atoms with van der Waals surface area (Å²) in [5.41, 5.74) is 3.02. The molecule has 38 heavy (non-hydrogen) atoms. The lowest BCUT2D eigenvalue weighted by Gasteiger charge is -2.29. The van der Waals surface area contributed by atoms with Crippen molar-refractivity contribution in [3.63, 3.8) is 0 Å². The quantitative estimate of drug-likeness (QED) is 0.255. The molecular weight excluding hydrogens is 470 g/mol. The fraction of sp³-hybridized carbons (Fsp3) is 0.250. The molecule has 6 rings (SSSR count). The molecule has 1 amide bonds. The summed E-state index contributed by atoms with van der Waals surface area (Å²) in [5.74, 6) is 1.66. The van der Waals surface area contributed by atoms with Gasteiger partial charge < -0.3 is 4.90 Å². The van der Waals surface area contributed by atoms with Crippen LogP contribution in [0.1, 0.15) is 31.2 Å². The van der Waals surface area contributed by atoms with Gasteiger partial charge in [-0.15, -0.1) is 0 Å². The van der Waals surface area contributed by atoms with Crippen molar-refractivity contribution < 1.29 is 4.79 Å². The second-order valence-electron chi connectivity index (χ2n) is 9.92. The highest BCUT2D eigenvalue weighted by Gasteiger charge is 2.27. The Bertz CT molecular complexity index is 1520. The van der Waals surface area contributed by atoms with E-state index in [0.717, 1.165) is 40.7 Å². The topological polar surface area (TPSA) is 63.9 Å². The van der Waals surface area contributed by atoms with Crippen LogP contribution < -0.4 is 0 Å². The molecule has 1 saturated carbocycles. The van der Waals surface area contributed by atoms with Crippen molar-refractivity contribution in [2.45, 2.75) is 44.7 Å². The van der Waals surface area contributed by atoms with E-state index in [-0.39, 0.29) is 11.9 Å². The summed E-state index contributed by atoms with van der Waals surface area (Å²) in [5, 5.41) is 7.20. The van der Waals surface area contributed by atoms with Gasteiger partial charge in [0.2, 0.25) is 5.91 Å². The number of fused-ring (bicyclic) bond motifs is 1. The van der Waals surface area contributed by atoms with Crippen molar-refractivity contribution in [3.05, 3.63) is 103 Å². The number of aromatic nitrogens is 4. The highest BCUT2D eigenvalue weighted by atomic mass is 16.2. The molecule has 6 heteroatoms. The number of hydrogen-bond donors (Lipinski definition) is 0. The van der Waals surface area contributed by atoms with E-state index < -0.39 is 0 Å². The molecule has 1 fully saturated rings. The second-order valence-corrected chi connectivity index (χ2v) is 9.92. The zero-order chi connectivity index (χ0) is 25.7. The Morgan fingerprint density at radius 3 is 2.39 bits per heavy atom. The van der Waals surface area contributed by atoms with Gasteiger partial charge in [0.25, 0.3) is 0 Å². The Morgan fingerprint density at radius 2 is 1.58 bits per heavy atom. The van der Waals surface area contributed by atoms with Crippen LogP contribution in [0.3, 0.4) is 0 Å². The fourth-order valence-corrected chi connectivity index (χ4v) is 5.56. The maximum atomic E-state index is 13.8. The number of pyridine rings is 1. The van der Waals surface area contributed by atoms with Gasteiger partial charge in [0.1, 0.15) is 0 Å². The summed E-state index contributed by atoms with van der Waals surface area (Å²) >= 11 is 0. The molecule has 2 heterocycles. The molecule has 3 aromatic carbocycles. The predicted octanol–water partition coefficient (Wildman–Crippen LogP) is 6.17. The molecule has 1 aliphatic carbocycles. The van der Waals surface area contributed by atoms with Gasteiger partial charge in [-0.2, -0.15) is 5.10 Å². The number of hydrogen-bond acceptors (Lipinski definition) is 4. The van der Waals surface area contributed by atoms with Gasteiger partial charge in [-0.25, -0.2) is 9.67 Å². The van der Waals surface area contributed by atoms with Gasteiger partial charge >= 0.3 is 0 Å². The summed E-state index contributed by atoms with van der Waals surface area (Å²) < 4.78 is 1.96. The third-order valence-corrected chi connectivity index (χ3v) is 7.50. The Balaban J connectivity index is 1.28. The first-order valence-electron chi connectivity index (χ1n) is 13.4. The van der Waals surface area contributed by atoms with Gasteiger partial charge in [0.05, 0.1) is 13.0 Å². The summed E-state index contributed by atoms with van der Waals surface area (Å²) in [6.45, 7) is 1.19. The lowest BCUT2D eigenvalue weighted by molar-refractivity contribution is -0.132. The van der Waals surface area contributed by atoms with Crippen LogP contribution in [-0.4, -0.2) is 43.1 Å². The van der Waals surface area contributed by atoms with Crippen LogP contribution in [0.25, 0.3) is 33.5 Å². The molecule has 0 atom stereocenters. The van der Waals surface area contributed by atoms with Gasteiger partial charge in [-0.3, -0.25) is 9.78 Å². The first kappa shape index (κ1) is 24.0. The Kier molecular flexibility index (Phi) is 6.94. The zero-order valence-corrected chi connectivity index (χ0v) is 21.4.